The van der Waals surface area contributed by atoms with Crippen molar-refractivity contribution in [3.8, 4) is 11.4 Å². The van der Waals surface area contributed by atoms with Gasteiger partial charge in [0.1, 0.15) is 5.56 Å². The zero-order valence-electron chi connectivity index (χ0n) is 17.0. The van der Waals surface area contributed by atoms with E-state index in [4.69, 9.17) is 4.74 Å². The number of rotatable bonds is 2. The Hall–Kier alpha value is -3.73. The lowest BCUT2D eigenvalue weighted by atomic mass is 9.85. The Morgan fingerprint density at radius 2 is 2.03 bits per heavy atom. The van der Waals surface area contributed by atoms with E-state index in [0.717, 1.165) is 5.39 Å². The highest BCUT2D eigenvalue weighted by Crippen LogP contribution is 2.42. The third kappa shape index (κ3) is 3.03. The van der Waals surface area contributed by atoms with Crippen molar-refractivity contribution in [2.45, 2.75) is 38.0 Å². The summed E-state index contributed by atoms with van der Waals surface area (Å²) in [7, 11) is 0. The van der Waals surface area contributed by atoms with Crippen LogP contribution in [0.1, 0.15) is 36.3 Å². The number of carbonyl (C=O) groups is 2. The summed E-state index contributed by atoms with van der Waals surface area (Å²) >= 11 is 0. The minimum atomic E-state index is -5.38. The van der Waals surface area contributed by atoms with Crippen LogP contribution in [-0.4, -0.2) is 32.8 Å². The highest BCUT2D eigenvalue weighted by molar-refractivity contribution is 5.87. The number of hydrogen-bond donors (Lipinski definition) is 1. The number of pyridine rings is 2. The molecular weight excluding hydrogens is 445 g/mol. The molecule has 3 aromatic rings. The van der Waals surface area contributed by atoms with Crippen molar-refractivity contribution >= 4 is 22.8 Å². The van der Waals surface area contributed by atoms with Gasteiger partial charge in [-0.2, -0.15) is 13.2 Å². The molecule has 0 aliphatic carbocycles. The first-order valence-electron chi connectivity index (χ1n) is 9.93. The van der Waals surface area contributed by atoms with Gasteiger partial charge in [0, 0.05) is 16.5 Å². The number of aliphatic hydroxyl groups is 1. The highest BCUT2D eigenvalue weighted by atomic mass is 19.4. The minimum Gasteiger partial charge on any atom is -0.418 e. The quantitative estimate of drug-likeness (QED) is 0.459. The number of halogens is 3. The average molecular weight is 460 g/mol. The lowest BCUT2D eigenvalue weighted by molar-refractivity contribution is -0.236. The first-order chi connectivity index (χ1) is 15.5. The predicted octanol–water partition coefficient (Wildman–Crippen LogP) is 2.68. The van der Waals surface area contributed by atoms with Gasteiger partial charge in [-0.1, -0.05) is 25.1 Å². The maximum Gasteiger partial charge on any atom is 0.491 e. The fourth-order valence-electron chi connectivity index (χ4n) is 4.20. The first-order valence-corrected chi connectivity index (χ1v) is 9.93. The third-order valence-corrected chi connectivity index (χ3v) is 5.90. The molecule has 2 aromatic heterocycles. The normalized spacial score (nSPS) is 21.2. The molecule has 0 radical (unpaired) electrons. The molecule has 0 bridgehead atoms. The largest absolute Gasteiger partial charge is 0.491 e. The van der Waals surface area contributed by atoms with E-state index in [0.29, 0.717) is 16.8 Å². The molecule has 0 amide bonds. The lowest BCUT2D eigenvalue weighted by Crippen LogP contribution is -2.47. The molecular formula is C22H15F3N2O6. The molecule has 170 valence electrons. The molecule has 1 aromatic carbocycles. The molecule has 2 aliphatic heterocycles. The predicted molar refractivity (Wildman–Crippen MR) is 106 cm³/mol. The topological polar surface area (TPSA) is 108 Å². The summed E-state index contributed by atoms with van der Waals surface area (Å²) in [4.78, 5) is 41.9. The van der Waals surface area contributed by atoms with Gasteiger partial charge in [-0.15, -0.1) is 0 Å². The first kappa shape index (κ1) is 21.1. The van der Waals surface area contributed by atoms with Crippen LogP contribution in [0.2, 0.25) is 0 Å². The maximum atomic E-state index is 13.4. The van der Waals surface area contributed by atoms with Gasteiger partial charge >= 0.3 is 18.1 Å². The molecule has 0 spiro atoms. The smallest absolute Gasteiger partial charge is 0.418 e. The van der Waals surface area contributed by atoms with Gasteiger partial charge in [-0.3, -0.25) is 4.79 Å². The molecule has 4 heterocycles. The van der Waals surface area contributed by atoms with E-state index >= 15 is 0 Å². The molecule has 1 N–H and O–H groups in total. The Morgan fingerprint density at radius 1 is 1.30 bits per heavy atom. The zero-order chi connectivity index (χ0) is 23.7. The highest BCUT2D eigenvalue weighted by Gasteiger charge is 2.52. The van der Waals surface area contributed by atoms with E-state index in [1.807, 2.05) is 18.2 Å². The van der Waals surface area contributed by atoms with E-state index in [1.165, 1.54) is 17.6 Å². The number of aromatic nitrogens is 2. The summed E-state index contributed by atoms with van der Waals surface area (Å²) in [5.41, 5.74) is -1.95. The van der Waals surface area contributed by atoms with Crippen molar-refractivity contribution < 1.29 is 37.3 Å². The van der Waals surface area contributed by atoms with Gasteiger partial charge in [0.25, 0.3) is 11.8 Å². The fraction of sp³-hybridized carbons (Fsp3) is 0.273. The molecule has 1 unspecified atom stereocenters. The SMILES string of the molecule is CC[C@@]1(O)C(=O)OC(OC(=O)C(F)(F)F)c2c1cc1n(c2=O)Cc2cc3ccccc3nc2-1. The van der Waals surface area contributed by atoms with E-state index < -0.39 is 41.1 Å². The number of ether oxygens (including phenoxy) is 2. The van der Waals surface area contributed by atoms with Crippen molar-refractivity contribution in [2.24, 2.45) is 0 Å². The standard InChI is InChI=1S/C22H15F3N2O6/c1-2-21(31)12-8-14-16-11(7-10-5-3-4-6-13(10)26-16)9-27(14)17(28)15(12)18(32-19(21)29)33-20(30)22(23,24)25/h3-8,18,31H,2,9H2,1H3/t18?,21-/m0/s1. The number of para-hydroxylation sites is 1. The van der Waals surface area contributed by atoms with E-state index in [1.54, 1.807) is 12.1 Å². The van der Waals surface area contributed by atoms with Crippen LogP contribution in [0, 0.1) is 0 Å². The van der Waals surface area contributed by atoms with Gasteiger partial charge in [0.15, 0.2) is 5.60 Å². The molecule has 8 nitrogen and oxygen atoms in total. The van der Waals surface area contributed by atoms with Crippen molar-refractivity contribution in [3.05, 3.63) is 63.4 Å². The summed E-state index contributed by atoms with van der Waals surface area (Å²) in [6.45, 7) is 1.49. The minimum absolute atomic E-state index is 0.0487. The second kappa shape index (κ2) is 6.88. The van der Waals surface area contributed by atoms with Gasteiger partial charge in [0.2, 0.25) is 0 Å². The Bertz CT molecular complexity index is 1410. The van der Waals surface area contributed by atoms with Crippen LogP contribution in [0.5, 0.6) is 0 Å². The number of fused-ring (bicyclic) bond motifs is 5. The molecule has 0 saturated carbocycles. The maximum absolute atomic E-state index is 13.4. The van der Waals surface area contributed by atoms with E-state index in [2.05, 4.69) is 9.72 Å². The van der Waals surface area contributed by atoms with Crippen molar-refractivity contribution in [3.63, 3.8) is 0 Å². The second-order valence-corrected chi connectivity index (χ2v) is 7.79. The van der Waals surface area contributed by atoms with Crippen LogP contribution in [0.25, 0.3) is 22.3 Å². The van der Waals surface area contributed by atoms with Crippen LogP contribution in [-0.2, 0) is 31.2 Å². The van der Waals surface area contributed by atoms with Crippen molar-refractivity contribution in [1.29, 1.82) is 0 Å². The molecule has 0 fully saturated rings. The Kier molecular flexibility index (Phi) is 4.41. The molecule has 5 rings (SSSR count). The Balaban J connectivity index is 1.73. The Labute approximate surface area is 183 Å². The lowest BCUT2D eigenvalue weighted by Gasteiger charge is -2.35. The summed E-state index contributed by atoms with van der Waals surface area (Å²) in [5.74, 6) is -3.96. The summed E-state index contributed by atoms with van der Waals surface area (Å²) in [5, 5.41) is 11.8. The summed E-state index contributed by atoms with van der Waals surface area (Å²) in [6, 6.07) is 10.4. The molecule has 2 aliphatic rings. The number of esters is 2. The van der Waals surface area contributed by atoms with Crippen LogP contribution in [0.3, 0.4) is 0 Å². The molecule has 0 saturated heterocycles. The van der Waals surface area contributed by atoms with Gasteiger partial charge in [0.05, 0.1) is 23.4 Å². The number of alkyl halides is 3. The summed E-state index contributed by atoms with van der Waals surface area (Å²) < 4.78 is 48.7. The third-order valence-electron chi connectivity index (χ3n) is 5.90. The summed E-state index contributed by atoms with van der Waals surface area (Å²) in [6.07, 6.45) is -7.87. The number of cyclic esters (lactones) is 1. The van der Waals surface area contributed by atoms with Crippen LogP contribution in [0.15, 0.2) is 41.2 Å². The zero-order valence-corrected chi connectivity index (χ0v) is 17.0. The Morgan fingerprint density at radius 3 is 2.73 bits per heavy atom. The van der Waals surface area contributed by atoms with Crippen LogP contribution in [0.4, 0.5) is 13.2 Å². The number of nitrogens with zero attached hydrogens (tertiary/aromatic N) is 2. The van der Waals surface area contributed by atoms with Crippen molar-refractivity contribution in [1.82, 2.24) is 9.55 Å². The number of hydrogen-bond acceptors (Lipinski definition) is 7. The molecule has 2 atom stereocenters. The van der Waals surface area contributed by atoms with Crippen molar-refractivity contribution in [2.75, 3.05) is 0 Å². The number of carbonyl (C=O) groups excluding carboxylic acids is 2. The van der Waals surface area contributed by atoms with E-state index in [-0.39, 0.29) is 24.2 Å². The molecule has 11 heteroatoms. The second-order valence-electron chi connectivity index (χ2n) is 7.79. The molecule has 33 heavy (non-hydrogen) atoms. The average Bonchev–Trinajstić information content (AvgIpc) is 3.12. The fourth-order valence-corrected chi connectivity index (χ4v) is 4.20. The van der Waals surface area contributed by atoms with Gasteiger partial charge < -0.3 is 19.1 Å². The number of benzene rings is 1. The van der Waals surface area contributed by atoms with Gasteiger partial charge in [-0.05, 0) is 24.6 Å². The van der Waals surface area contributed by atoms with Crippen LogP contribution < -0.4 is 5.56 Å². The van der Waals surface area contributed by atoms with E-state index in [9.17, 15) is 32.7 Å². The van der Waals surface area contributed by atoms with Gasteiger partial charge in [-0.25, -0.2) is 14.6 Å². The monoisotopic (exact) mass is 460 g/mol. The van der Waals surface area contributed by atoms with Crippen LogP contribution >= 0.6 is 0 Å².